The molecule has 0 saturated carbocycles. The van der Waals surface area contributed by atoms with Crippen molar-refractivity contribution in [1.29, 1.82) is 0 Å². The number of benzene rings is 1. The van der Waals surface area contributed by atoms with Crippen LogP contribution in [0, 0.1) is 0 Å². The van der Waals surface area contributed by atoms with Crippen molar-refractivity contribution in [3.8, 4) is 0 Å². The van der Waals surface area contributed by atoms with Crippen LogP contribution < -0.4 is 0 Å². The predicted molar refractivity (Wildman–Crippen MR) is 74.9 cm³/mol. The molecule has 1 aromatic carbocycles. The fraction of sp³-hybridized carbons (Fsp3) is 0.462. The van der Waals surface area contributed by atoms with E-state index in [1.807, 2.05) is 0 Å². The van der Waals surface area contributed by atoms with Crippen molar-refractivity contribution < 1.29 is 9.90 Å². The lowest BCUT2D eigenvalue weighted by molar-refractivity contribution is 0.0502. The Kier molecular flexibility index (Phi) is 4.65. The van der Waals surface area contributed by atoms with Gasteiger partial charge in [0.25, 0.3) is 5.91 Å². The maximum atomic E-state index is 12.5. The Morgan fingerprint density at radius 3 is 3.00 bits per heavy atom. The van der Waals surface area contributed by atoms with Gasteiger partial charge in [-0.15, -0.1) is 0 Å². The molecule has 1 heterocycles. The SMILES string of the molecule is O=C(c1cc(Cl)ccc1Br)N1CCCCC1CO. The van der Waals surface area contributed by atoms with E-state index in [0.29, 0.717) is 17.1 Å². The molecule has 1 unspecified atom stereocenters. The standard InChI is InChI=1S/C13H15BrClNO2/c14-12-5-4-9(15)7-11(12)13(18)16-6-2-1-3-10(16)8-17/h4-5,7,10,17H,1-3,6,8H2. The first kappa shape index (κ1) is 13.8. The Balaban J connectivity index is 2.26. The van der Waals surface area contributed by atoms with Gasteiger partial charge in [-0.25, -0.2) is 0 Å². The number of carbonyl (C=O) groups is 1. The fourth-order valence-electron chi connectivity index (χ4n) is 2.27. The molecule has 1 aliphatic rings. The van der Waals surface area contributed by atoms with Gasteiger partial charge in [0.15, 0.2) is 0 Å². The summed E-state index contributed by atoms with van der Waals surface area (Å²) in [5, 5.41) is 9.89. The summed E-state index contributed by atoms with van der Waals surface area (Å²) in [6.07, 6.45) is 2.91. The molecule has 1 atom stereocenters. The number of hydrogen-bond acceptors (Lipinski definition) is 2. The average molecular weight is 333 g/mol. The highest BCUT2D eigenvalue weighted by molar-refractivity contribution is 9.10. The molecule has 5 heteroatoms. The molecule has 0 bridgehead atoms. The Bertz CT molecular complexity index is 453. The second-order valence-corrected chi connectivity index (χ2v) is 5.75. The van der Waals surface area contributed by atoms with Gasteiger partial charge in [0.1, 0.15) is 0 Å². The fourth-order valence-corrected chi connectivity index (χ4v) is 2.86. The van der Waals surface area contributed by atoms with Crippen LogP contribution in [0.25, 0.3) is 0 Å². The van der Waals surface area contributed by atoms with Crippen LogP contribution in [-0.4, -0.2) is 35.1 Å². The van der Waals surface area contributed by atoms with E-state index in [-0.39, 0.29) is 18.6 Å². The molecule has 1 N–H and O–H groups in total. The van der Waals surface area contributed by atoms with Crippen molar-refractivity contribution >= 4 is 33.4 Å². The number of hydrogen-bond donors (Lipinski definition) is 1. The summed E-state index contributed by atoms with van der Waals surface area (Å²) in [6.45, 7) is 0.715. The minimum absolute atomic E-state index is 0.0178. The van der Waals surface area contributed by atoms with E-state index in [2.05, 4.69) is 15.9 Å². The Hall–Kier alpha value is -0.580. The summed E-state index contributed by atoms with van der Waals surface area (Å²) >= 11 is 9.30. The molecule has 2 rings (SSSR count). The van der Waals surface area contributed by atoms with E-state index in [0.717, 1.165) is 23.7 Å². The highest BCUT2D eigenvalue weighted by atomic mass is 79.9. The lowest BCUT2D eigenvalue weighted by atomic mass is 10.0. The Labute approximate surface area is 120 Å². The summed E-state index contributed by atoms with van der Waals surface area (Å²) in [7, 11) is 0. The van der Waals surface area contributed by atoms with Gasteiger partial charge < -0.3 is 10.0 Å². The normalized spacial score (nSPS) is 19.9. The quantitative estimate of drug-likeness (QED) is 0.904. The number of aliphatic hydroxyl groups is 1. The van der Waals surface area contributed by atoms with Crippen LogP contribution in [-0.2, 0) is 0 Å². The van der Waals surface area contributed by atoms with E-state index >= 15 is 0 Å². The van der Waals surface area contributed by atoms with Crippen molar-refractivity contribution in [2.45, 2.75) is 25.3 Å². The number of rotatable bonds is 2. The third-order valence-corrected chi connectivity index (χ3v) is 4.18. The van der Waals surface area contributed by atoms with Crippen LogP contribution in [0.5, 0.6) is 0 Å². The topological polar surface area (TPSA) is 40.5 Å². The molecule has 0 radical (unpaired) electrons. The van der Waals surface area contributed by atoms with E-state index in [4.69, 9.17) is 11.6 Å². The van der Waals surface area contributed by atoms with Crippen molar-refractivity contribution in [2.24, 2.45) is 0 Å². The number of aliphatic hydroxyl groups excluding tert-OH is 1. The molecule has 3 nitrogen and oxygen atoms in total. The highest BCUT2D eigenvalue weighted by Crippen LogP contribution is 2.25. The Morgan fingerprint density at radius 1 is 1.50 bits per heavy atom. The summed E-state index contributed by atoms with van der Waals surface area (Å²) in [5.74, 6) is -0.0666. The van der Waals surface area contributed by atoms with Crippen LogP contribution in [0.15, 0.2) is 22.7 Å². The molecule has 1 aromatic rings. The van der Waals surface area contributed by atoms with E-state index in [9.17, 15) is 9.90 Å². The maximum Gasteiger partial charge on any atom is 0.255 e. The van der Waals surface area contributed by atoms with Crippen LogP contribution in [0.4, 0.5) is 0 Å². The predicted octanol–water partition coefficient (Wildman–Crippen LogP) is 3.09. The second-order valence-electron chi connectivity index (χ2n) is 4.45. The minimum atomic E-state index is -0.0721. The largest absolute Gasteiger partial charge is 0.394 e. The van der Waals surface area contributed by atoms with E-state index < -0.39 is 0 Å². The monoisotopic (exact) mass is 331 g/mol. The molecule has 1 amide bonds. The van der Waals surface area contributed by atoms with Gasteiger partial charge in [0.2, 0.25) is 0 Å². The van der Waals surface area contributed by atoms with Crippen molar-refractivity contribution in [1.82, 2.24) is 4.90 Å². The lowest BCUT2D eigenvalue weighted by Gasteiger charge is -2.34. The molecule has 1 aliphatic heterocycles. The molecule has 0 aromatic heterocycles. The lowest BCUT2D eigenvalue weighted by Crippen LogP contribution is -2.45. The number of carbonyl (C=O) groups excluding carboxylic acids is 1. The zero-order valence-corrected chi connectivity index (χ0v) is 12.2. The Morgan fingerprint density at radius 2 is 2.28 bits per heavy atom. The average Bonchev–Trinajstić information content (AvgIpc) is 2.40. The van der Waals surface area contributed by atoms with Gasteiger partial charge in [-0.2, -0.15) is 0 Å². The van der Waals surface area contributed by atoms with Crippen LogP contribution in [0.2, 0.25) is 5.02 Å². The highest BCUT2D eigenvalue weighted by Gasteiger charge is 2.27. The first-order valence-corrected chi connectivity index (χ1v) is 7.17. The van der Waals surface area contributed by atoms with E-state index in [1.54, 1.807) is 23.1 Å². The van der Waals surface area contributed by atoms with Crippen LogP contribution in [0.3, 0.4) is 0 Å². The third kappa shape index (κ3) is 2.87. The summed E-state index contributed by atoms with van der Waals surface area (Å²) in [5.41, 5.74) is 0.558. The maximum absolute atomic E-state index is 12.5. The van der Waals surface area contributed by atoms with Gasteiger partial charge in [-0.05, 0) is 53.4 Å². The van der Waals surface area contributed by atoms with Crippen LogP contribution in [0.1, 0.15) is 29.6 Å². The molecule has 0 aliphatic carbocycles. The third-order valence-electron chi connectivity index (χ3n) is 3.26. The number of halogens is 2. The van der Waals surface area contributed by atoms with Crippen molar-refractivity contribution in [3.05, 3.63) is 33.3 Å². The number of nitrogens with zero attached hydrogens (tertiary/aromatic N) is 1. The number of likely N-dealkylation sites (tertiary alicyclic amines) is 1. The van der Waals surface area contributed by atoms with Gasteiger partial charge >= 0.3 is 0 Å². The molecule has 98 valence electrons. The van der Waals surface area contributed by atoms with Crippen molar-refractivity contribution in [2.75, 3.05) is 13.2 Å². The second kappa shape index (κ2) is 6.04. The molecule has 1 saturated heterocycles. The zero-order chi connectivity index (χ0) is 13.1. The van der Waals surface area contributed by atoms with E-state index in [1.165, 1.54) is 0 Å². The summed E-state index contributed by atoms with van der Waals surface area (Å²) < 4.78 is 0.735. The van der Waals surface area contributed by atoms with Gasteiger partial charge in [-0.1, -0.05) is 11.6 Å². The number of piperidine rings is 1. The van der Waals surface area contributed by atoms with Gasteiger partial charge in [0.05, 0.1) is 18.2 Å². The first-order valence-electron chi connectivity index (χ1n) is 6.00. The molecular weight excluding hydrogens is 318 g/mol. The van der Waals surface area contributed by atoms with Crippen LogP contribution >= 0.6 is 27.5 Å². The van der Waals surface area contributed by atoms with Crippen molar-refractivity contribution in [3.63, 3.8) is 0 Å². The summed E-state index contributed by atoms with van der Waals surface area (Å²) in [6, 6.07) is 5.10. The molecule has 0 spiro atoms. The zero-order valence-electron chi connectivity index (χ0n) is 9.90. The molecular formula is C13H15BrClNO2. The minimum Gasteiger partial charge on any atom is -0.394 e. The van der Waals surface area contributed by atoms with Gasteiger partial charge in [-0.3, -0.25) is 4.79 Å². The number of amides is 1. The first-order chi connectivity index (χ1) is 8.63. The molecule has 1 fully saturated rings. The smallest absolute Gasteiger partial charge is 0.255 e. The molecule has 18 heavy (non-hydrogen) atoms. The summed E-state index contributed by atoms with van der Waals surface area (Å²) in [4.78, 5) is 14.2. The van der Waals surface area contributed by atoms with Gasteiger partial charge in [0, 0.05) is 16.0 Å².